The highest BCUT2D eigenvalue weighted by Crippen LogP contribution is 2.38. The van der Waals surface area contributed by atoms with Crippen molar-refractivity contribution in [3.63, 3.8) is 0 Å². The number of benzene rings is 1. The van der Waals surface area contributed by atoms with Gasteiger partial charge in [0.25, 0.3) is 0 Å². The zero-order chi connectivity index (χ0) is 19.0. The van der Waals surface area contributed by atoms with Crippen LogP contribution in [0.25, 0.3) is 0 Å². The predicted molar refractivity (Wildman–Crippen MR) is 100 cm³/mol. The van der Waals surface area contributed by atoms with Gasteiger partial charge in [0.2, 0.25) is 10.0 Å². The molecule has 4 rings (SSSR count). The molecule has 0 radical (unpaired) electrons. The number of rotatable bonds is 5. The number of carbonyl (C=O) groups excluding carboxylic acids is 1. The summed E-state index contributed by atoms with van der Waals surface area (Å²) in [6.07, 6.45) is 1.54. The molecule has 6 nitrogen and oxygen atoms in total. The Morgan fingerprint density at radius 1 is 1.26 bits per heavy atom. The summed E-state index contributed by atoms with van der Waals surface area (Å²) < 4.78 is 41.3. The van der Waals surface area contributed by atoms with Gasteiger partial charge in [-0.3, -0.25) is 0 Å². The van der Waals surface area contributed by atoms with E-state index < -0.39 is 10.0 Å². The second kappa shape index (κ2) is 7.21. The lowest BCUT2D eigenvalue weighted by molar-refractivity contribution is 0.170. The maximum atomic E-state index is 13.3. The summed E-state index contributed by atoms with van der Waals surface area (Å²) in [6.45, 7) is 0.854. The zero-order valence-electron chi connectivity index (χ0n) is 14.5. The van der Waals surface area contributed by atoms with Gasteiger partial charge in [0.1, 0.15) is 10.0 Å². The fraction of sp³-hybridized carbons (Fsp3) is 0.389. The molecule has 2 fully saturated rings. The summed E-state index contributed by atoms with van der Waals surface area (Å²) in [5.41, 5.74) is 0.683. The second-order valence-electron chi connectivity index (χ2n) is 7.01. The summed E-state index contributed by atoms with van der Waals surface area (Å²) in [7, 11) is -3.56. The quantitative estimate of drug-likeness (QED) is 0.797. The molecule has 27 heavy (non-hydrogen) atoms. The first kappa shape index (κ1) is 18.4. The molecule has 144 valence electrons. The number of hydrogen-bond donors (Lipinski definition) is 2. The van der Waals surface area contributed by atoms with Crippen LogP contribution in [0.2, 0.25) is 0 Å². The number of piperidine rings is 1. The van der Waals surface area contributed by atoms with E-state index in [4.69, 9.17) is 0 Å². The van der Waals surface area contributed by atoms with Crippen LogP contribution in [0.1, 0.15) is 18.4 Å². The van der Waals surface area contributed by atoms with E-state index in [1.54, 1.807) is 34.5 Å². The third kappa shape index (κ3) is 3.85. The molecule has 1 aliphatic carbocycles. The number of likely N-dealkylation sites (tertiary alicyclic amines) is 1. The van der Waals surface area contributed by atoms with Gasteiger partial charge < -0.3 is 10.2 Å². The van der Waals surface area contributed by atoms with Crippen molar-refractivity contribution >= 4 is 27.4 Å². The van der Waals surface area contributed by atoms with Gasteiger partial charge in [-0.15, -0.1) is 11.3 Å². The highest BCUT2D eigenvalue weighted by Gasteiger charge is 2.48. The number of amides is 2. The molecule has 2 bridgehead atoms. The summed E-state index contributed by atoms with van der Waals surface area (Å²) in [4.78, 5) is 14.3. The first-order valence-electron chi connectivity index (χ1n) is 8.77. The summed E-state index contributed by atoms with van der Waals surface area (Å²) in [5, 5.41) is 4.53. The molecule has 2 heterocycles. The van der Waals surface area contributed by atoms with Crippen LogP contribution in [-0.2, 0) is 16.6 Å². The third-order valence-electron chi connectivity index (χ3n) is 5.14. The molecule has 2 N–H and O–H groups in total. The number of halogens is 1. The Hall–Kier alpha value is -1.97. The Bertz CT molecular complexity index is 933. The lowest BCUT2D eigenvalue weighted by Crippen LogP contribution is -2.54. The van der Waals surface area contributed by atoms with Gasteiger partial charge in [0.15, 0.2) is 0 Å². The second-order valence-corrected chi connectivity index (χ2v) is 9.89. The average Bonchev–Trinajstić information content (AvgIpc) is 3.36. The van der Waals surface area contributed by atoms with E-state index in [9.17, 15) is 17.6 Å². The van der Waals surface area contributed by atoms with Gasteiger partial charge in [0.05, 0.1) is 6.04 Å². The van der Waals surface area contributed by atoms with Crippen LogP contribution in [-0.4, -0.2) is 38.0 Å². The molecule has 0 unspecified atom stereocenters. The molecule has 9 heteroatoms. The molecular weight excluding hydrogens is 389 g/mol. The predicted octanol–water partition coefficient (Wildman–Crippen LogP) is 2.54. The molecule has 0 spiro atoms. The van der Waals surface area contributed by atoms with Crippen LogP contribution in [0.5, 0.6) is 0 Å². The van der Waals surface area contributed by atoms with Gasteiger partial charge in [-0.1, -0.05) is 18.2 Å². The summed E-state index contributed by atoms with van der Waals surface area (Å²) in [5.74, 6) is -0.0454. The van der Waals surface area contributed by atoms with Gasteiger partial charge in [-0.25, -0.2) is 22.3 Å². The number of sulfonamides is 1. The molecule has 3 atom stereocenters. The van der Waals surface area contributed by atoms with Crippen molar-refractivity contribution in [2.75, 3.05) is 6.54 Å². The van der Waals surface area contributed by atoms with E-state index in [2.05, 4.69) is 10.0 Å². The van der Waals surface area contributed by atoms with Crippen LogP contribution in [0.4, 0.5) is 9.18 Å². The number of urea groups is 1. The number of nitrogens with zero attached hydrogens (tertiary/aromatic N) is 1. The normalized spacial score (nSPS) is 24.3. The molecular formula is C18H20FN3O3S2. The Labute approximate surface area is 161 Å². The minimum atomic E-state index is -3.56. The number of nitrogens with one attached hydrogen (secondary N) is 2. The van der Waals surface area contributed by atoms with Crippen LogP contribution >= 0.6 is 11.3 Å². The van der Waals surface area contributed by atoms with Crippen molar-refractivity contribution in [1.82, 2.24) is 14.9 Å². The fourth-order valence-corrected chi connectivity index (χ4v) is 6.28. The van der Waals surface area contributed by atoms with Crippen molar-refractivity contribution in [2.45, 2.75) is 35.7 Å². The van der Waals surface area contributed by atoms with Crippen molar-refractivity contribution in [3.05, 3.63) is 53.2 Å². The zero-order valence-corrected chi connectivity index (χ0v) is 16.1. The van der Waals surface area contributed by atoms with Crippen molar-refractivity contribution in [1.29, 1.82) is 0 Å². The van der Waals surface area contributed by atoms with Crippen LogP contribution in [0.15, 0.2) is 46.0 Å². The van der Waals surface area contributed by atoms with Crippen LogP contribution < -0.4 is 10.0 Å². The Balaban J connectivity index is 1.39. The molecule has 2 aromatic rings. The molecule has 1 saturated carbocycles. The lowest BCUT2D eigenvalue weighted by Gasteiger charge is -2.33. The molecule has 2 amide bonds. The molecule has 2 aliphatic rings. The van der Waals surface area contributed by atoms with Crippen molar-refractivity contribution in [3.8, 4) is 0 Å². The minimum Gasteiger partial charge on any atom is -0.334 e. The highest BCUT2D eigenvalue weighted by atomic mass is 32.2. The monoisotopic (exact) mass is 409 g/mol. The van der Waals surface area contributed by atoms with E-state index in [0.717, 1.165) is 12.8 Å². The Morgan fingerprint density at radius 2 is 2.11 bits per heavy atom. The van der Waals surface area contributed by atoms with Crippen molar-refractivity contribution in [2.24, 2.45) is 5.92 Å². The van der Waals surface area contributed by atoms with Gasteiger partial charge in [0, 0.05) is 19.1 Å². The van der Waals surface area contributed by atoms with E-state index in [0.29, 0.717) is 18.0 Å². The van der Waals surface area contributed by atoms with E-state index >= 15 is 0 Å². The van der Waals surface area contributed by atoms with Crippen LogP contribution in [0.3, 0.4) is 0 Å². The molecule has 1 aromatic heterocycles. The van der Waals surface area contributed by atoms with Gasteiger partial charge in [-0.05, 0) is 47.9 Å². The molecule has 1 aromatic carbocycles. The first-order valence-corrected chi connectivity index (χ1v) is 11.1. The topological polar surface area (TPSA) is 78.5 Å². The smallest absolute Gasteiger partial charge is 0.317 e. The molecule has 1 aliphatic heterocycles. The summed E-state index contributed by atoms with van der Waals surface area (Å²) >= 11 is 1.17. The van der Waals surface area contributed by atoms with E-state index in [-0.39, 0.29) is 34.7 Å². The third-order valence-corrected chi connectivity index (χ3v) is 8.03. The Morgan fingerprint density at radius 3 is 2.81 bits per heavy atom. The maximum Gasteiger partial charge on any atom is 0.317 e. The SMILES string of the molecule is O=C(NCc1cccc(F)c1)N1C[C@@H]2C[C@H](NS(=O)(=O)c3cccs3)[C@H]1C2. The standard InChI is InChI=1S/C18H20FN3O3S2/c19-14-4-1-3-12(7-14)10-20-18(23)22-11-13-8-15(16(22)9-13)21-27(24,25)17-5-2-6-26-17/h1-7,13,15-16,21H,8-11H2,(H,20,23)/t13-,15+,16-/m1/s1. The first-order chi connectivity index (χ1) is 12.9. The number of thiophene rings is 1. The number of carbonyl (C=O) groups is 1. The largest absolute Gasteiger partial charge is 0.334 e. The molecule has 1 saturated heterocycles. The number of fused-ring (bicyclic) bond motifs is 2. The van der Waals surface area contributed by atoms with Crippen LogP contribution in [0, 0.1) is 11.7 Å². The number of hydrogen-bond acceptors (Lipinski definition) is 4. The minimum absolute atomic E-state index is 0.155. The fourth-order valence-electron chi connectivity index (χ4n) is 3.99. The maximum absolute atomic E-state index is 13.3. The Kier molecular flexibility index (Phi) is 4.92. The van der Waals surface area contributed by atoms with Gasteiger partial charge >= 0.3 is 6.03 Å². The van der Waals surface area contributed by atoms with Crippen molar-refractivity contribution < 1.29 is 17.6 Å². The van der Waals surface area contributed by atoms with E-state index in [1.807, 2.05) is 0 Å². The van der Waals surface area contributed by atoms with E-state index in [1.165, 1.54) is 23.5 Å². The summed E-state index contributed by atoms with van der Waals surface area (Å²) in [6, 6.07) is 8.68. The van der Waals surface area contributed by atoms with Gasteiger partial charge in [-0.2, -0.15) is 0 Å². The highest BCUT2D eigenvalue weighted by molar-refractivity contribution is 7.91. The average molecular weight is 410 g/mol. The lowest BCUT2D eigenvalue weighted by atomic mass is 10.1.